The van der Waals surface area contributed by atoms with E-state index >= 15 is 0 Å². The Morgan fingerprint density at radius 1 is 1.10 bits per heavy atom. The zero-order chi connectivity index (χ0) is 22.4. The van der Waals surface area contributed by atoms with Gasteiger partial charge in [0.1, 0.15) is 0 Å². The second-order valence-electron chi connectivity index (χ2n) is 6.63. The van der Waals surface area contributed by atoms with E-state index < -0.39 is 17.6 Å². The maximum Gasteiger partial charge on any atom is 0.416 e. The Kier molecular flexibility index (Phi) is 7.29. The highest BCUT2D eigenvalue weighted by Gasteiger charge is 2.30. The molecule has 1 aromatic heterocycles. The summed E-state index contributed by atoms with van der Waals surface area (Å²) >= 11 is 5.87. The highest BCUT2D eigenvalue weighted by Crippen LogP contribution is 2.29. The molecule has 1 amide bonds. The van der Waals surface area contributed by atoms with Crippen LogP contribution in [0.3, 0.4) is 0 Å². The van der Waals surface area contributed by atoms with E-state index in [1.165, 1.54) is 12.0 Å². The highest BCUT2D eigenvalue weighted by atomic mass is 35.5. The molecule has 6 nitrogen and oxygen atoms in total. The lowest BCUT2D eigenvalue weighted by molar-refractivity contribution is -0.137. The summed E-state index contributed by atoms with van der Waals surface area (Å²) in [5.41, 5.74) is 0.0704. The van der Waals surface area contributed by atoms with Crippen molar-refractivity contribution in [3.63, 3.8) is 0 Å². The third-order valence-corrected chi connectivity index (χ3v) is 4.73. The summed E-state index contributed by atoms with van der Waals surface area (Å²) in [5, 5.41) is 4.51. The average molecular weight is 454 g/mol. The first-order valence-electron chi connectivity index (χ1n) is 9.32. The van der Waals surface area contributed by atoms with Crippen LogP contribution in [0.25, 0.3) is 11.4 Å². The van der Waals surface area contributed by atoms with E-state index in [1.807, 2.05) is 0 Å². The van der Waals surface area contributed by atoms with E-state index in [4.69, 9.17) is 20.9 Å². The van der Waals surface area contributed by atoms with Crippen LogP contribution >= 0.6 is 11.6 Å². The minimum absolute atomic E-state index is 0.150. The van der Waals surface area contributed by atoms with Gasteiger partial charge in [-0.3, -0.25) is 4.79 Å². The smallest absolute Gasteiger partial charge is 0.383 e. The van der Waals surface area contributed by atoms with Crippen LogP contribution in [0.2, 0.25) is 5.02 Å². The number of carbonyl (C=O) groups is 1. The van der Waals surface area contributed by atoms with Gasteiger partial charge in [-0.25, -0.2) is 0 Å². The molecular formula is C21H19ClF3N3O3. The van der Waals surface area contributed by atoms with Gasteiger partial charge < -0.3 is 14.2 Å². The van der Waals surface area contributed by atoms with Gasteiger partial charge in [-0.05, 0) is 48.5 Å². The first-order valence-corrected chi connectivity index (χ1v) is 9.69. The maximum atomic E-state index is 12.8. The van der Waals surface area contributed by atoms with Gasteiger partial charge in [0.25, 0.3) is 5.91 Å². The minimum atomic E-state index is -4.46. The highest BCUT2D eigenvalue weighted by molar-refractivity contribution is 6.30. The third-order valence-electron chi connectivity index (χ3n) is 4.48. The lowest BCUT2D eigenvalue weighted by Crippen LogP contribution is -2.35. The topological polar surface area (TPSA) is 68.5 Å². The van der Waals surface area contributed by atoms with Crippen LogP contribution in [-0.2, 0) is 17.3 Å². The van der Waals surface area contributed by atoms with Gasteiger partial charge in [0, 0.05) is 42.8 Å². The van der Waals surface area contributed by atoms with Gasteiger partial charge in [0.2, 0.25) is 11.7 Å². The second kappa shape index (κ2) is 9.93. The maximum absolute atomic E-state index is 12.8. The predicted molar refractivity (Wildman–Crippen MR) is 108 cm³/mol. The molecule has 3 aromatic rings. The van der Waals surface area contributed by atoms with Crippen LogP contribution in [0.1, 0.15) is 21.8 Å². The Balaban J connectivity index is 1.68. The fourth-order valence-electron chi connectivity index (χ4n) is 2.80. The third kappa shape index (κ3) is 6.05. The van der Waals surface area contributed by atoms with Crippen LogP contribution in [-0.4, -0.2) is 47.8 Å². The Morgan fingerprint density at radius 3 is 2.39 bits per heavy atom. The Labute approximate surface area is 181 Å². The first kappa shape index (κ1) is 22.8. The molecule has 2 aromatic carbocycles. The van der Waals surface area contributed by atoms with Gasteiger partial charge in [-0.15, -0.1) is 0 Å². The number of carbonyl (C=O) groups excluding carboxylic acids is 1. The number of methoxy groups -OCH3 is 1. The summed E-state index contributed by atoms with van der Waals surface area (Å²) in [6.07, 6.45) is -4.19. The number of nitrogens with zero attached hydrogens (tertiary/aromatic N) is 3. The van der Waals surface area contributed by atoms with Crippen molar-refractivity contribution in [3.05, 3.63) is 70.6 Å². The van der Waals surface area contributed by atoms with Crippen molar-refractivity contribution >= 4 is 17.5 Å². The van der Waals surface area contributed by atoms with Gasteiger partial charge in [0.15, 0.2) is 0 Å². The standard InChI is InChI=1S/C21H19ClF3N3O3/c1-30-13-12-28(20(29)15-2-6-16(7-3-15)21(23,24)25)11-10-18-26-19(27-31-18)14-4-8-17(22)9-5-14/h2-9H,10-13H2,1H3. The molecule has 31 heavy (non-hydrogen) atoms. The largest absolute Gasteiger partial charge is 0.416 e. The number of halogens is 4. The van der Waals surface area contributed by atoms with Crippen molar-refractivity contribution in [1.29, 1.82) is 0 Å². The Bertz CT molecular complexity index is 1010. The van der Waals surface area contributed by atoms with Crippen molar-refractivity contribution in [3.8, 4) is 11.4 Å². The zero-order valence-electron chi connectivity index (χ0n) is 16.5. The normalized spacial score (nSPS) is 11.5. The lowest BCUT2D eigenvalue weighted by Gasteiger charge is -2.22. The fraction of sp³-hybridized carbons (Fsp3) is 0.286. The second-order valence-corrected chi connectivity index (χ2v) is 7.07. The summed E-state index contributed by atoms with van der Waals surface area (Å²) in [4.78, 5) is 18.6. The molecule has 1 heterocycles. The molecule has 0 atom stereocenters. The molecule has 0 spiro atoms. The van der Waals surface area contributed by atoms with Crippen molar-refractivity contribution < 1.29 is 27.2 Å². The molecule has 0 bridgehead atoms. The fourth-order valence-corrected chi connectivity index (χ4v) is 2.93. The number of rotatable bonds is 8. The molecule has 0 aliphatic rings. The van der Waals surface area contributed by atoms with E-state index in [1.54, 1.807) is 24.3 Å². The number of ether oxygens (including phenoxy) is 1. The first-order chi connectivity index (χ1) is 14.8. The molecule has 10 heteroatoms. The Hall–Kier alpha value is -2.91. The summed E-state index contributed by atoms with van der Waals surface area (Å²) in [6, 6.07) is 11.0. The minimum Gasteiger partial charge on any atom is -0.383 e. The summed E-state index contributed by atoms with van der Waals surface area (Å²) < 4.78 is 48.6. The van der Waals surface area contributed by atoms with Gasteiger partial charge in [0.05, 0.1) is 12.2 Å². The van der Waals surface area contributed by atoms with Crippen LogP contribution < -0.4 is 0 Å². The molecule has 0 aliphatic heterocycles. The molecular weight excluding hydrogens is 435 g/mol. The van der Waals surface area contributed by atoms with Crippen molar-refractivity contribution in [2.75, 3.05) is 26.8 Å². The van der Waals surface area contributed by atoms with E-state index in [-0.39, 0.29) is 31.7 Å². The molecule has 164 valence electrons. The number of aromatic nitrogens is 2. The van der Waals surface area contributed by atoms with Crippen molar-refractivity contribution in [2.45, 2.75) is 12.6 Å². The average Bonchev–Trinajstić information content (AvgIpc) is 3.22. The lowest BCUT2D eigenvalue weighted by atomic mass is 10.1. The number of alkyl halides is 3. The van der Waals surface area contributed by atoms with Crippen molar-refractivity contribution in [1.82, 2.24) is 15.0 Å². The molecule has 0 unspecified atom stereocenters. The Morgan fingerprint density at radius 2 is 1.77 bits per heavy atom. The number of hydrogen-bond donors (Lipinski definition) is 0. The van der Waals surface area contributed by atoms with Gasteiger partial charge >= 0.3 is 6.18 Å². The van der Waals surface area contributed by atoms with E-state index in [2.05, 4.69) is 10.1 Å². The predicted octanol–water partition coefficient (Wildman–Crippen LogP) is 4.74. The number of hydrogen-bond acceptors (Lipinski definition) is 5. The van der Waals surface area contributed by atoms with E-state index in [0.717, 1.165) is 29.8 Å². The monoisotopic (exact) mass is 453 g/mol. The summed E-state index contributed by atoms with van der Waals surface area (Å²) in [7, 11) is 1.50. The molecule has 0 N–H and O–H groups in total. The van der Waals surface area contributed by atoms with Crippen LogP contribution in [0.15, 0.2) is 53.1 Å². The zero-order valence-corrected chi connectivity index (χ0v) is 17.3. The number of amides is 1. The molecule has 0 aliphatic carbocycles. The molecule has 0 saturated heterocycles. The molecule has 3 rings (SSSR count). The van der Waals surface area contributed by atoms with Crippen LogP contribution in [0, 0.1) is 0 Å². The number of benzene rings is 2. The van der Waals surface area contributed by atoms with Crippen LogP contribution in [0.5, 0.6) is 0 Å². The summed E-state index contributed by atoms with van der Waals surface area (Å²) in [6.45, 7) is 0.756. The SMILES string of the molecule is COCCN(CCc1nc(-c2ccc(Cl)cc2)no1)C(=O)c1ccc(C(F)(F)F)cc1. The molecule has 0 saturated carbocycles. The van der Waals surface area contributed by atoms with Crippen molar-refractivity contribution in [2.24, 2.45) is 0 Å². The molecule has 0 radical (unpaired) electrons. The van der Waals surface area contributed by atoms with Gasteiger partial charge in [-0.2, -0.15) is 18.2 Å². The van der Waals surface area contributed by atoms with E-state index in [0.29, 0.717) is 16.7 Å². The van der Waals surface area contributed by atoms with E-state index in [9.17, 15) is 18.0 Å². The molecule has 0 fully saturated rings. The van der Waals surface area contributed by atoms with Gasteiger partial charge in [-0.1, -0.05) is 16.8 Å². The summed E-state index contributed by atoms with van der Waals surface area (Å²) in [5.74, 6) is 0.306. The quantitative estimate of drug-likeness (QED) is 0.493. The van der Waals surface area contributed by atoms with Crippen LogP contribution in [0.4, 0.5) is 13.2 Å².